The van der Waals surface area contributed by atoms with Crippen molar-refractivity contribution in [2.45, 2.75) is 52.2 Å². The van der Waals surface area contributed by atoms with Crippen LogP contribution in [0.4, 0.5) is 0 Å². The zero-order valence-electron chi connectivity index (χ0n) is 12.8. The molecule has 0 aliphatic carbocycles. The predicted molar refractivity (Wildman–Crippen MR) is 87.8 cm³/mol. The monoisotopic (exact) mass is 317 g/mol. The molecule has 2 atom stereocenters. The van der Waals surface area contributed by atoms with Crippen molar-refractivity contribution in [2.24, 2.45) is 0 Å². The zero-order chi connectivity index (χ0) is 15.3. The number of rotatable bonds is 7. The van der Waals surface area contributed by atoms with Gasteiger partial charge >= 0.3 is 0 Å². The predicted octanol–water partition coefficient (Wildman–Crippen LogP) is 4.41. The number of halogens is 2. The molecular weight excluding hydrogens is 293 g/mol. The van der Waals surface area contributed by atoms with Gasteiger partial charge in [0.15, 0.2) is 0 Å². The molecule has 0 amide bonds. The molecule has 1 rings (SSSR count). The summed E-state index contributed by atoms with van der Waals surface area (Å²) in [4.78, 5) is 2.29. The molecular formula is C16H25Cl2NO. The first-order chi connectivity index (χ1) is 9.40. The second-order valence-corrected chi connectivity index (χ2v) is 6.12. The van der Waals surface area contributed by atoms with E-state index in [0.29, 0.717) is 16.5 Å². The largest absolute Gasteiger partial charge is 0.391 e. The fraction of sp³-hybridized carbons (Fsp3) is 0.625. The van der Waals surface area contributed by atoms with Gasteiger partial charge in [0.05, 0.1) is 6.10 Å². The number of hydrogen-bond acceptors (Lipinski definition) is 2. The summed E-state index contributed by atoms with van der Waals surface area (Å²) >= 11 is 12.4. The molecule has 4 heteroatoms. The second kappa shape index (κ2) is 7.65. The molecule has 0 bridgehead atoms. The number of aliphatic hydroxyl groups excluding tert-OH is 1. The third-order valence-corrected chi connectivity index (χ3v) is 5.09. The highest BCUT2D eigenvalue weighted by Crippen LogP contribution is 2.31. The lowest BCUT2D eigenvalue weighted by Gasteiger charge is -2.43. The molecule has 0 radical (unpaired) electrons. The van der Waals surface area contributed by atoms with Gasteiger partial charge in [-0.05, 0) is 44.1 Å². The lowest BCUT2D eigenvalue weighted by atomic mass is 9.85. The molecule has 1 aromatic rings. The molecule has 0 fully saturated rings. The SMILES string of the molecule is CCN(CC)C(C)(CC)C(O)Cc1c(Cl)cccc1Cl. The van der Waals surface area contributed by atoms with E-state index in [-0.39, 0.29) is 5.54 Å². The molecule has 1 aromatic carbocycles. The molecule has 0 aliphatic rings. The van der Waals surface area contributed by atoms with E-state index in [4.69, 9.17) is 23.2 Å². The third-order valence-electron chi connectivity index (χ3n) is 4.38. The van der Waals surface area contributed by atoms with Crippen molar-refractivity contribution in [1.82, 2.24) is 4.90 Å². The Balaban J connectivity index is 3.01. The molecule has 2 unspecified atom stereocenters. The quantitative estimate of drug-likeness (QED) is 0.805. The van der Waals surface area contributed by atoms with E-state index in [9.17, 15) is 5.11 Å². The van der Waals surface area contributed by atoms with Crippen molar-refractivity contribution < 1.29 is 5.11 Å². The van der Waals surface area contributed by atoms with Gasteiger partial charge in [0.25, 0.3) is 0 Å². The van der Waals surface area contributed by atoms with Gasteiger partial charge in [0, 0.05) is 22.0 Å². The molecule has 114 valence electrons. The highest BCUT2D eigenvalue weighted by molar-refractivity contribution is 6.36. The van der Waals surface area contributed by atoms with Crippen LogP contribution in [0.25, 0.3) is 0 Å². The summed E-state index contributed by atoms with van der Waals surface area (Å²) in [7, 11) is 0. The Kier molecular flexibility index (Phi) is 6.80. The Morgan fingerprint density at radius 3 is 2.05 bits per heavy atom. The average Bonchev–Trinajstić information content (AvgIpc) is 2.43. The number of likely N-dealkylation sites (N-methyl/N-ethyl adjacent to an activating group) is 1. The van der Waals surface area contributed by atoms with Crippen LogP contribution in [0, 0.1) is 0 Å². The molecule has 0 spiro atoms. The maximum atomic E-state index is 10.7. The molecule has 0 saturated heterocycles. The van der Waals surface area contributed by atoms with Gasteiger partial charge in [-0.1, -0.05) is 50.0 Å². The van der Waals surface area contributed by atoms with Gasteiger partial charge in [-0.3, -0.25) is 4.90 Å². The van der Waals surface area contributed by atoms with Crippen molar-refractivity contribution in [1.29, 1.82) is 0 Å². The van der Waals surface area contributed by atoms with E-state index in [2.05, 4.69) is 32.6 Å². The van der Waals surface area contributed by atoms with Gasteiger partial charge in [-0.15, -0.1) is 0 Å². The smallest absolute Gasteiger partial charge is 0.0762 e. The summed E-state index contributed by atoms with van der Waals surface area (Å²) in [5.74, 6) is 0. The minimum Gasteiger partial charge on any atom is -0.391 e. The first-order valence-corrected chi connectivity index (χ1v) is 8.02. The Morgan fingerprint density at radius 1 is 1.15 bits per heavy atom. The summed E-state index contributed by atoms with van der Waals surface area (Å²) in [6.45, 7) is 10.3. The summed E-state index contributed by atoms with van der Waals surface area (Å²) in [6.07, 6.45) is 0.835. The highest BCUT2D eigenvalue weighted by Gasteiger charge is 2.36. The molecule has 1 N–H and O–H groups in total. The summed E-state index contributed by atoms with van der Waals surface area (Å²) in [5, 5.41) is 12.0. The Morgan fingerprint density at radius 2 is 1.65 bits per heavy atom. The second-order valence-electron chi connectivity index (χ2n) is 5.30. The molecule has 0 aliphatic heterocycles. The Bertz CT molecular complexity index is 414. The first-order valence-electron chi connectivity index (χ1n) is 7.26. The van der Waals surface area contributed by atoms with E-state index in [0.717, 1.165) is 25.1 Å². The molecule has 0 saturated carbocycles. The number of nitrogens with zero attached hydrogens (tertiary/aromatic N) is 1. The van der Waals surface area contributed by atoms with Crippen LogP contribution in [0.1, 0.15) is 39.7 Å². The number of aliphatic hydroxyl groups is 1. The van der Waals surface area contributed by atoms with Crippen LogP contribution in [0.3, 0.4) is 0 Å². The van der Waals surface area contributed by atoms with Gasteiger partial charge in [-0.2, -0.15) is 0 Å². The summed E-state index contributed by atoms with van der Waals surface area (Å²) in [5.41, 5.74) is 0.557. The van der Waals surface area contributed by atoms with Gasteiger partial charge in [0.2, 0.25) is 0 Å². The minimum absolute atomic E-state index is 0.272. The van der Waals surface area contributed by atoms with Crippen LogP contribution in [-0.4, -0.2) is 34.7 Å². The van der Waals surface area contributed by atoms with Crippen molar-refractivity contribution in [2.75, 3.05) is 13.1 Å². The van der Waals surface area contributed by atoms with E-state index in [1.54, 1.807) is 0 Å². The van der Waals surface area contributed by atoms with Crippen molar-refractivity contribution in [3.8, 4) is 0 Å². The first kappa shape index (κ1) is 17.8. The fourth-order valence-electron chi connectivity index (χ4n) is 2.76. The zero-order valence-corrected chi connectivity index (χ0v) is 14.3. The van der Waals surface area contributed by atoms with E-state index in [1.165, 1.54) is 0 Å². The highest BCUT2D eigenvalue weighted by atomic mass is 35.5. The van der Waals surface area contributed by atoms with Gasteiger partial charge in [-0.25, -0.2) is 0 Å². The molecule has 0 heterocycles. The Hall–Kier alpha value is -0.280. The molecule has 20 heavy (non-hydrogen) atoms. The van der Waals surface area contributed by atoms with Crippen molar-refractivity contribution >= 4 is 23.2 Å². The number of hydrogen-bond donors (Lipinski definition) is 1. The maximum absolute atomic E-state index is 10.7. The topological polar surface area (TPSA) is 23.5 Å². The van der Waals surface area contributed by atoms with Crippen LogP contribution in [0.2, 0.25) is 10.0 Å². The summed E-state index contributed by atoms with van der Waals surface area (Å²) in [6, 6.07) is 5.45. The lowest BCUT2D eigenvalue weighted by Crippen LogP contribution is -2.54. The van der Waals surface area contributed by atoms with Crippen LogP contribution >= 0.6 is 23.2 Å². The maximum Gasteiger partial charge on any atom is 0.0762 e. The molecule has 0 aromatic heterocycles. The van der Waals surface area contributed by atoms with Crippen LogP contribution in [0.15, 0.2) is 18.2 Å². The minimum atomic E-state index is -0.509. The van der Waals surface area contributed by atoms with E-state index in [1.807, 2.05) is 18.2 Å². The normalized spacial score (nSPS) is 16.2. The van der Waals surface area contributed by atoms with E-state index < -0.39 is 6.10 Å². The van der Waals surface area contributed by atoms with Crippen molar-refractivity contribution in [3.05, 3.63) is 33.8 Å². The van der Waals surface area contributed by atoms with Crippen LogP contribution < -0.4 is 0 Å². The number of benzene rings is 1. The lowest BCUT2D eigenvalue weighted by molar-refractivity contribution is -0.0190. The standard InChI is InChI=1S/C16H25Cl2NO/c1-5-16(4,19(6-2)7-3)15(20)11-12-13(17)9-8-10-14(12)18/h8-10,15,20H,5-7,11H2,1-4H3. The molecule has 2 nitrogen and oxygen atoms in total. The fourth-order valence-corrected chi connectivity index (χ4v) is 3.31. The van der Waals surface area contributed by atoms with Gasteiger partial charge < -0.3 is 5.11 Å². The van der Waals surface area contributed by atoms with Crippen LogP contribution in [0.5, 0.6) is 0 Å². The van der Waals surface area contributed by atoms with Crippen molar-refractivity contribution in [3.63, 3.8) is 0 Å². The Labute approximate surface area is 132 Å². The summed E-state index contributed by atoms with van der Waals surface area (Å²) < 4.78 is 0. The van der Waals surface area contributed by atoms with E-state index >= 15 is 0 Å². The van der Waals surface area contributed by atoms with Crippen LogP contribution in [-0.2, 0) is 6.42 Å². The van der Waals surface area contributed by atoms with Gasteiger partial charge in [0.1, 0.15) is 0 Å². The average molecular weight is 318 g/mol. The third kappa shape index (κ3) is 3.67.